The van der Waals surface area contributed by atoms with E-state index in [-0.39, 0.29) is 5.82 Å². The summed E-state index contributed by atoms with van der Waals surface area (Å²) in [5.41, 5.74) is 3.38. The standard InChI is InChI=1S/C14H11FO/c1-10-7-11(9-16)5-6-14(10)12-3-2-4-13(15)8-12/h2-9H,1H3. The lowest BCUT2D eigenvalue weighted by molar-refractivity contribution is 0.112. The third-order valence-corrected chi connectivity index (χ3v) is 2.52. The van der Waals surface area contributed by atoms with Crippen LogP contribution < -0.4 is 0 Å². The number of hydrogen-bond acceptors (Lipinski definition) is 1. The van der Waals surface area contributed by atoms with Crippen molar-refractivity contribution in [3.63, 3.8) is 0 Å². The first-order valence-corrected chi connectivity index (χ1v) is 5.02. The van der Waals surface area contributed by atoms with Crippen molar-refractivity contribution in [2.24, 2.45) is 0 Å². The second-order valence-electron chi connectivity index (χ2n) is 3.70. The molecule has 2 aromatic rings. The highest BCUT2D eigenvalue weighted by atomic mass is 19.1. The van der Waals surface area contributed by atoms with E-state index in [0.29, 0.717) is 5.56 Å². The Hall–Kier alpha value is -1.96. The Kier molecular flexibility index (Phi) is 2.82. The second kappa shape index (κ2) is 4.27. The van der Waals surface area contributed by atoms with Crippen molar-refractivity contribution in [1.82, 2.24) is 0 Å². The van der Waals surface area contributed by atoms with E-state index >= 15 is 0 Å². The summed E-state index contributed by atoms with van der Waals surface area (Å²) in [6, 6.07) is 11.8. The maximum atomic E-state index is 13.1. The summed E-state index contributed by atoms with van der Waals surface area (Å²) < 4.78 is 13.1. The highest BCUT2D eigenvalue weighted by molar-refractivity contribution is 5.78. The topological polar surface area (TPSA) is 17.1 Å². The number of rotatable bonds is 2. The number of hydrogen-bond donors (Lipinski definition) is 0. The van der Waals surface area contributed by atoms with Crippen LogP contribution in [0.3, 0.4) is 0 Å². The van der Waals surface area contributed by atoms with E-state index < -0.39 is 0 Å². The quantitative estimate of drug-likeness (QED) is 0.698. The number of halogens is 1. The summed E-state index contributed by atoms with van der Waals surface area (Å²) in [5, 5.41) is 0. The molecule has 0 radical (unpaired) electrons. The van der Waals surface area contributed by atoms with Gasteiger partial charge in [-0.05, 0) is 41.8 Å². The van der Waals surface area contributed by atoms with Crippen molar-refractivity contribution < 1.29 is 9.18 Å². The van der Waals surface area contributed by atoms with E-state index in [4.69, 9.17) is 0 Å². The van der Waals surface area contributed by atoms with Crippen molar-refractivity contribution in [3.8, 4) is 11.1 Å². The first-order chi connectivity index (χ1) is 7.70. The predicted octanol–water partition coefficient (Wildman–Crippen LogP) is 3.61. The molecule has 0 saturated carbocycles. The van der Waals surface area contributed by atoms with Crippen LogP contribution in [-0.4, -0.2) is 6.29 Å². The van der Waals surface area contributed by atoms with Crippen molar-refractivity contribution in [1.29, 1.82) is 0 Å². The average Bonchev–Trinajstić information content (AvgIpc) is 2.28. The molecule has 0 bridgehead atoms. The highest BCUT2D eigenvalue weighted by Gasteiger charge is 2.03. The SMILES string of the molecule is Cc1cc(C=O)ccc1-c1cccc(F)c1. The van der Waals surface area contributed by atoms with Crippen LogP contribution in [0.4, 0.5) is 4.39 Å². The van der Waals surface area contributed by atoms with Gasteiger partial charge in [0.25, 0.3) is 0 Å². The maximum absolute atomic E-state index is 13.1. The Morgan fingerprint density at radius 2 is 1.94 bits per heavy atom. The lowest BCUT2D eigenvalue weighted by Crippen LogP contribution is -1.87. The van der Waals surface area contributed by atoms with E-state index in [1.807, 2.05) is 19.1 Å². The van der Waals surface area contributed by atoms with Gasteiger partial charge in [0, 0.05) is 5.56 Å². The summed E-state index contributed by atoms with van der Waals surface area (Å²) in [4.78, 5) is 10.6. The molecule has 2 heteroatoms. The Morgan fingerprint density at radius 1 is 1.12 bits per heavy atom. The molecule has 0 unspecified atom stereocenters. The third kappa shape index (κ3) is 2.01. The Balaban J connectivity index is 2.52. The molecule has 2 rings (SSSR count). The Morgan fingerprint density at radius 3 is 2.56 bits per heavy atom. The molecule has 0 amide bonds. The lowest BCUT2D eigenvalue weighted by Gasteiger charge is -2.06. The average molecular weight is 214 g/mol. The number of benzene rings is 2. The van der Waals surface area contributed by atoms with Gasteiger partial charge in [0.2, 0.25) is 0 Å². The van der Waals surface area contributed by atoms with Crippen LogP contribution in [0.2, 0.25) is 0 Å². The predicted molar refractivity (Wildman–Crippen MR) is 62.0 cm³/mol. The van der Waals surface area contributed by atoms with E-state index in [2.05, 4.69) is 0 Å². The van der Waals surface area contributed by atoms with E-state index in [1.165, 1.54) is 12.1 Å². The molecule has 80 valence electrons. The fraction of sp³-hybridized carbons (Fsp3) is 0.0714. The van der Waals surface area contributed by atoms with Crippen molar-refractivity contribution in [2.45, 2.75) is 6.92 Å². The second-order valence-corrected chi connectivity index (χ2v) is 3.70. The summed E-state index contributed by atoms with van der Waals surface area (Å²) in [6.07, 6.45) is 0.808. The molecule has 0 heterocycles. The van der Waals surface area contributed by atoms with Crippen molar-refractivity contribution in [3.05, 3.63) is 59.4 Å². The van der Waals surface area contributed by atoms with Crippen LogP contribution in [0.1, 0.15) is 15.9 Å². The minimum absolute atomic E-state index is 0.253. The lowest BCUT2D eigenvalue weighted by atomic mass is 9.99. The minimum atomic E-state index is -0.253. The van der Waals surface area contributed by atoms with Gasteiger partial charge < -0.3 is 0 Å². The number of aryl methyl sites for hydroxylation is 1. The van der Waals surface area contributed by atoms with Gasteiger partial charge in [-0.1, -0.05) is 24.3 Å². The smallest absolute Gasteiger partial charge is 0.150 e. The fourth-order valence-electron chi connectivity index (χ4n) is 1.74. The first kappa shape index (κ1) is 10.6. The third-order valence-electron chi connectivity index (χ3n) is 2.52. The molecule has 0 fully saturated rings. The highest BCUT2D eigenvalue weighted by Crippen LogP contribution is 2.24. The normalized spacial score (nSPS) is 10.1. The van der Waals surface area contributed by atoms with Crippen LogP contribution in [-0.2, 0) is 0 Å². The largest absolute Gasteiger partial charge is 0.298 e. The van der Waals surface area contributed by atoms with Gasteiger partial charge in [-0.3, -0.25) is 4.79 Å². The summed E-state index contributed by atoms with van der Waals surface area (Å²) >= 11 is 0. The monoisotopic (exact) mass is 214 g/mol. The molecule has 0 atom stereocenters. The molecule has 0 N–H and O–H groups in total. The molecule has 0 aliphatic heterocycles. The molecular weight excluding hydrogens is 203 g/mol. The summed E-state index contributed by atoms with van der Waals surface area (Å²) in [6.45, 7) is 1.91. The van der Waals surface area contributed by atoms with Crippen molar-refractivity contribution in [2.75, 3.05) is 0 Å². The minimum Gasteiger partial charge on any atom is -0.298 e. The zero-order chi connectivity index (χ0) is 11.5. The molecule has 16 heavy (non-hydrogen) atoms. The van der Waals surface area contributed by atoms with Crippen LogP contribution in [0, 0.1) is 12.7 Å². The molecule has 0 spiro atoms. The first-order valence-electron chi connectivity index (χ1n) is 5.02. The molecule has 0 aliphatic rings. The maximum Gasteiger partial charge on any atom is 0.150 e. The van der Waals surface area contributed by atoms with Gasteiger partial charge in [-0.25, -0.2) is 4.39 Å². The van der Waals surface area contributed by atoms with Crippen LogP contribution >= 0.6 is 0 Å². The number of carbonyl (C=O) groups excluding carboxylic acids is 1. The van der Waals surface area contributed by atoms with Crippen LogP contribution in [0.25, 0.3) is 11.1 Å². The Labute approximate surface area is 93.5 Å². The molecule has 2 aromatic carbocycles. The van der Waals surface area contributed by atoms with E-state index in [9.17, 15) is 9.18 Å². The van der Waals surface area contributed by atoms with Crippen LogP contribution in [0.15, 0.2) is 42.5 Å². The molecule has 1 nitrogen and oxygen atoms in total. The Bertz CT molecular complexity index is 532. The van der Waals surface area contributed by atoms with Gasteiger partial charge in [-0.2, -0.15) is 0 Å². The van der Waals surface area contributed by atoms with E-state index in [1.54, 1.807) is 18.2 Å². The zero-order valence-corrected chi connectivity index (χ0v) is 8.91. The van der Waals surface area contributed by atoms with Gasteiger partial charge in [0.1, 0.15) is 12.1 Å². The van der Waals surface area contributed by atoms with Gasteiger partial charge in [-0.15, -0.1) is 0 Å². The molecular formula is C14H11FO. The van der Waals surface area contributed by atoms with Gasteiger partial charge in [0.15, 0.2) is 0 Å². The number of aldehydes is 1. The number of carbonyl (C=O) groups is 1. The molecule has 0 saturated heterocycles. The molecule has 0 aliphatic carbocycles. The van der Waals surface area contributed by atoms with Crippen molar-refractivity contribution >= 4 is 6.29 Å². The van der Waals surface area contributed by atoms with Crippen LogP contribution in [0.5, 0.6) is 0 Å². The summed E-state index contributed by atoms with van der Waals surface area (Å²) in [5.74, 6) is -0.253. The van der Waals surface area contributed by atoms with E-state index in [0.717, 1.165) is 23.0 Å². The summed E-state index contributed by atoms with van der Waals surface area (Å²) in [7, 11) is 0. The van der Waals surface area contributed by atoms with Gasteiger partial charge in [0.05, 0.1) is 0 Å². The van der Waals surface area contributed by atoms with Gasteiger partial charge >= 0.3 is 0 Å². The fourth-order valence-corrected chi connectivity index (χ4v) is 1.74. The zero-order valence-electron chi connectivity index (χ0n) is 8.91. The molecule has 0 aromatic heterocycles.